The van der Waals surface area contributed by atoms with Gasteiger partial charge in [-0.05, 0) is 69.4 Å². The van der Waals surface area contributed by atoms with Crippen LogP contribution in [0.3, 0.4) is 0 Å². The van der Waals surface area contributed by atoms with Gasteiger partial charge in [0.15, 0.2) is 0 Å². The van der Waals surface area contributed by atoms with E-state index in [-0.39, 0.29) is 11.6 Å². The van der Waals surface area contributed by atoms with E-state index in [1.165, 1.54) is 38.5 Å². The van der Waals surface area contributed by atoms with Gasteiger partial charge in [-0.25, -0.2) is 9.52 Å². The Labute approximate surface area is 188 Å². The summed E-state index contributed by atoms with van der Waals surface area (Å²) in [6.45, 7) is 3.33. The Hall–Kier alpha value is -0.860. The van der Waals surface area contributed by atoms with Crippen molar-refractivity contribution in [3.8, 4) is 0 Å². The summed E-state index contributed by atoms with van der Waals surface area (Å²) in [5, 5.41) is 3.12. The van der Waals surface area contributed by atoms with Crippen molar-refractivity contribution < 1.29 is 13.2 Å². The van der Waals surface area contributed by atoms with Crippen LogP contribution in [0.4, 0.5) is 4.79 Å². The summed E-state index contributed by atoms with van der Waals surface area (Å²) in [6, 6.07) is -0.433. The summed E-state index contributed by atoms with van der Waals surface area (Å²) in [6.07, 6.45) is 14.1. The van der Waals surface area contributed by atoms with E-state index in [2.05, 4.69) is 33.6 Å². The molecular formula is C23H42N4O3S. The van der Waals surface area contributed by atoms with Gasteiger partial charge in [-0.3, -0.25) is 4.90 Å². The standard InChI is InChI=1S/C23H42N4O3S/c1-3-27(2)23(13-5-4-6-14-23)16-24-31(29,30)26-22(28)25-21-19-11-7-9-17(19)15-18-10-8-12-20(18)21/h17-21,24H,3-16H2,1-2H3,(H2,25,26,28). The minimum Gasteiger partial charge on any atom is -0.334 e. The first-order valence-corrected chi connectivity index (χ1v) is 14.1. The highest BCUT2D eigenvalue weighted by Crippen LogP contribution is 2.52. The number of nitrogens with zero attached hydrogens (tertiary/aromatic N) is 1. The van der Waals surface area contributed by atoms with Crippen LogP contribution in [-0.2, 0) is 10.2 Å². The molecule has 0 heterocycles. The van der Waals surface area contributed by atoms with Crippen LogP contribution < -0.4 is 14.8 Å². The summed E-state index contributed by atoms with van der Waals surface area (Å²) >= 11 is 0. The summed E-state index contributed by atoms with van der Waals surface area (Å²) in [5.41, 5.74) is -0.157. The van der Waals surface area contributed by atoms with Gasteiger partial charge in [0.05, 0.1) is 0 Å². The first kappa shape index (κ1) is 23.3. The van der Waals surface area contributed by atoms with Gasteiger partial charge in [-0.1, -0.05) is 51.9 Å². The molecule has 7 nitrogen and oxygen atoms in total. The third-order valence-electron chi connectivity index (χ3n) is 9.15. The monoisotopic (exact) mass is 454 g/mol. The average molecular weight is 455 g/mol. The number of fused-ring (bicyclic) bond motifs is 2. The lowest BCUT2D eigenvalue weighted by atomic mass is 9.67. The summed E-state index contributed by atoms with van der Waals surface area (Å²) in [4.78, 5) is 15.0. The number of carbonyl (C=O) groups excluding carboxylic acids is 1. The van der Waals surface area contributed by atoms with Gasteiger partial charge in [-0.2, -0.15) is 13.1 Å². The highest BCUT2D eigenvalue weighted by Gasteiger charge is 2.48. The maximum absolute atomic E-state index is 12.8. The number of hydrogen-bond acceptors (Lipinski definition) is 4. The van der Waals surface area contributed by atoms with Gasteiger partial charge >= 0.3 is 16.2 Å². The lowest BCUT2D eigenvalue weighted by Gasteiger charge is -2.44. The molecule has 4 atom stereocenters. The molecule has 4 saturated carbocycles. The number of rotatable bonds is 7. The third kappa shape index (κ3) is 5.06. The molecule has 0 radical (unpaired) electrons. The zero-order valence-electron chi connectivity index (χ0n) is 19.4. The van der Waals surface area contributed by atoms with E-state index in [9.17, 15) is 13.2 Å². The van der Waals surface area contributed by atoms with Crippen LogP contribution in [0.2, 0.25) is 0 Å². The molecule has 0 spiro atoms. The number of carbonyl (C=O) groups is 1. The molecule has 31 heavy (non-hydrogen) atoms. The molecule has 0 aromatic heterocycles. The molecule has 0 saturated heterocycles. The fraction of sp³-hybridized carbons (Fsp3) is 0.957. The minimum atomic E-state index is -3.89. The largest absolute Gasteiger partial charge is 0.334 e. The van der Waals surface area contributed by atoms with Gasteiger partial charge in [0.1, 0.15) is 0 Å². The molecule has 3 N–H and O–H groups in total. The van der Waals surface area contributed by atoms with Gasteiger partial charge < -0.3 is 5.32 Å². The van der Waals surface area contributed by atoms with Crippen molar-refractivity contribution in [3.63, 3.8) is 0 Å². The van der Waals surface area contributed by atoms with Crippen LogP contribution in [0.1, 0.15) is 84.0 Å². The number of hydrogen-bond donors (Lipinski definition) is 3. The summed E-state index contributed by atoms with van der Waals surface area (Å²) in [5.74, 6) is 2.44. The second-order valence-electron chi connectivity index (χ2n) is 10.7. The van der Waals surface area contributed by atoms with Crippen LogP contribution in [0.15, 0.2) is 0 Å². The highest BCUT2D eigenvalue weighted by atomic mass is 32.2. The predicted molar refractivity (Wildman–Crippen MR) is 123 cm³/mol. The zero-order chi connectivity index (χ0) is 22.1. The van der Waals surface area contributed by atoms with E-state index in [4.69, 9.17) is 0 Å². The maximum atomic E-state index is 12.8. The average Bonchev–Trinajstić information content (AvgIpc) is 3.41. The van der Waals surface area contributed by atoms with Crippen molar-refractivity contribution in [2.45, 2.75) is 95.6 Å². The number of likely N-dealkylation sites (N-methyl/N-ethyl adjacent to an activating group) is 1. The van der Waals surface area contributed by atoms with Gasteiger partial charge in [0.2, 0.25) is 0 Å². The number of nitrogens with one attached hydrogen (secondary N) is 3. The lowest BCUT2D eigenvalue weighted by molar-refractivity contribution is 0.0843. The van der Waals surface area contributed by atoms with E-state index in [1.54, 1.807) is 0 Å². The molecule has 8 heteroatoms. The molecule has 0 aromatic rings. The van der Waals surface area contributed by atoms with Crippen LogP contribution in [0.25, 0.3) is 0 Å². The van der Waals surface area contributed by atoms with Crippen LogP contribution in [0.5, 0.6) is 0 Å². The quantitative estimate of drug-likeness (QED) is 0.550. The molecule has 0 bridgehead atoms. The van der Waals surface area contributed by atoms with Crippen molar-refractivity contribution in [2.24, 2.45) is 23.7 Å². The van der Waals surface area contributed by atoms with E-state index >= 15 is 0 Å². The van der Waals surface area contributed by atoms with Crippen molar-refractivity contribution in [1.29, 1.82) is 0 Å². The van der Waals surface area contributed by atoms with Crippen molar-refractivity contribution in [3.05, 3.63) is 0 Å². The minimum absolute atomic E-state index is 0.125. The van der Waals surface area contributed by atoms with Crippen molar-refractivity contribution in [2.75, 3.05) is 20.1 Å². The second-order valence-corrected chi connectivity index (χ2v) is 12.2. The third-order valence-corrected chi connectivity index (χ3v) is 10.1. The van der Waals surface area contributed by atoms with E-state index in [0.29, 0.717) is 30.2 Å². The fourth-order valence-electron chi connectivity index (χ4n) is 7.39. The maximum Gasteiger partial charge on any atom is 0.329 e. The van der Waals surface area contributed by atoms with Gasteiger partial charge in [0.25, 0.3) is 0 Å². The molecule has 4 rings (SSSR count). The van der Waals surface area contributed by atoms with E-state index in [0.717, 1.165) is 45.1 Å². The zero-order valence-corrected chi connectivity index (χ0v) is 20.2. The van der Waals surface area contributed by atoms with Gasteiger partial charge in [-0.15, -0.1) is 0 Å². The smallest absolute Gasteiger partial charge is 0.329 e. The molecule has 4 aliphatic carbocycles. The van der Waals surface area contributed by atoms with Crippen molar-refractivity contribution >= 4 is 16.2 Å². The van der Waals surface area contributed by atoms with Crippen LogP contribution in [-0.4, -0.2) is 51.1 Å². The number of urea groups is 1. The lowest BCUT2D eigenvalue weighted by Crippen LogP contribution is -2.58. The Morgan fingerprint density at radius 3 is 2.16 bits per heavy atom. The molecule has 2 amide bonds. The Kier molecular flexibility index (Phi) is 7.18. The Morgan fingerprint density at radius 2 is 1.58 bits per heavy atom. The predicted octanol–water partition coefficient (Wildman–Crippen LogP) is 3.38. The molecular weight excluding hydrogens is 412 g/mol. The molecule has 178 valence electrons. The van der Waals surface area contributed by atoms with E-state index in [1.807, 2.05) is 0 Å². The highest BCUT2D eigenvalue weighted by molar-refractivity contribution is 7.88. The Bertz CT molecular complexity index is 717. The Morgan fingerprint density at radius 1 is 0.968 bits per heavy atom. The first-order valence-electron chi connectivity index (χ1n) is 12.6. The molecule has 4 unspecified atom stereocenters. The summed E-state index contributed by atoms with van der Waals surface area (Å²) < 4.78 is 30.4. The first-order chi connectivity index (χ1) is 14.8. The molecule has 4 aliphatic rings. The van der Waals surface area contributed by atoms with Crippen LogP contribution in [0, 0.1) is 23.7 Å². The van der Waals surface area contributed by atoms with E-state index < -0.39 is 16.2 Å². The number of amides is 2. The Balaban J connectivity index is 1.36. The molecule has 0 aromatic carbocycles. The normalized spacial score (nSPS) is 34.9. The van der Waals surface area contributed by atoms with Crippen molar-refractivity contribution in [1.82, 2.24) is 19.7 Å². The second kappa shape index (κ2) is 9.56. The molecule has 4 fully saturated rings. The van der Waals surface area contributed by atoms with Crippen LogP contribution >= 0.6 is 0 Å². The summed E-state index contributed by atoms with van der Waals surface area (Å²) in [7, 11) is -1.83. The molecule has 0 aliphatic heterocycles. The fourth-order valence-corrected chi connectivity index (χ4v) is 8.22. The van der Waals surface area contributed by atoms with Gasteiger partial charge in [0, 0.05) is 18.1 Å². The topological polar surface area (TPSA) is 90.5 Å². The SMILES string of the molecule is CCN(C)C1(CNS(=O)(=O)NC(=O)NC2C3CCCC3CC3CCCC32)CCCCC1.